The quantitative estimate of drug-likeness (QED) is 0.142. The maximum atomic E-state index is 13.3. The van der Waals surface area contributed by atoms with Crippen molar-refractivity contribution in [1.82, 2.24) is 0 Å². The van der Waals surface area contributed by atoms with Gasteiger partial charge in [-0.25, -0.2) is 8.42 Å². The molecule has 2 N–H and O–H groups in total. The van der Waals surface area contributed by atoms with E-state index in [0.717, 1.165) is 48.5 Å². The number of primary amides is 1. The Morgan fingerprint density at radius 3 is 1.32 bits per heavy atom. The molecule has 0 aromatic carbocycles. The maximum Gasteiger partial charge on any atom is 0.303 e. The molecule has 0 radical (unpaired) electrons. The summed E-state index contributed by atoms with van der Waals surface area (Å²) in [5.74, 6) is -9.46. The van der Waals surface area contributed by atoms with Gasteiger partial charge in [-0.05, 0) is 0 Å². The van der Waals surface area contributed by atoms with E-state index < -0.39 is 137 Å². The molecule has 2 aliphatic rings. The largest absolute Gasteiger partial charge is 0.463 e. The van der Waals surface area contributed by atoms with Crippen LogP contribution in [0.2, 0.25) is 0 Å². The van der Waals surface area contributed by atoms with Gasteiger partial charge in [-0.1, -0.05) is 0 Å². The molecule has 2 heterocycles. The summed E-state index contributed by atoms with van der Waals surface area (Å²) in [6.45, 7) is 5.26. The van der Waals surface area contributed by atoms with Crippen molar-refractivity contribution in [3.8, 4) is 0 Å². The molecule has 0 aliphatic carbocycles. The van der Waals surface area contributed by atoms with Crippen molar-refractivity contribution in [2.75, 3.05) is 19.0 Å². The zero-order chi connectivity index (χ0) is 38.1. The van der Waals surface area contributed by atoms with Crippen LogP contribution in [0.15, 0.2) is 0 Å². The minimum atomic E-state index is -4.78. The normalized spacial score (nSPS) is 29.3. The van der Waals surface area contributed by atoms with Crippen molar-refractivity contribution >= 4 is 57.5 Å². The van der Waals surface area contributed by atoms with Crippen LogP contribution in [0.3, 0.4) is 0 Å². The lowest BCUT2D eigenvalue weighted by molar-refractivity contribution is -0.341. The molecule has 0 bridgehead atoms. The van der Waals surface area contributed by atoms with Crippen LogP contribution in [0.25, 0.3) is 0 Å². The van der Waals surface area contributed by atoms with E-state index in [1.165, 1.54) is 0 Å². The number of carbonyl (C=O) groups excluding carboxylic acids is 8. The van der Waals surface area contributed by atoms with Gasteiger partial charge >= 0.3 is 41.8 Å². The Kier molecular flexibility index (Phi) is 15.0. The van der Waals surface area contributed by atoms with Crippen LogP contribution in [0.4, 0.5) is 0 Å². The second-order valence-electron chi connectivity index (χ2n) is 10.9. The van der Waals surface area contributed by atoms with Gasteiger partial charge in [-0.2, -0.15) is 0 Å². The van der Waals surface area contributed by atoms with Gasteiger partial charge < -0.3 is 53.1 Å². The molecule has 21 nitrogen and oxygen atoms in total. The lowest BCUT2D eigenvalue weighted by atomic mass is 9.96. The number of esters is 7. The number of ether oxygens (including phenoxy) is 10. The molecule has 50 heavy (non-hydrogen) atoms. The molecule has 2 rings (SSSR count). The molecule has 1 amide bonds. The summed E-state index contributed by atoms with van der Waals surface area (Å²) in [4.78, 5) is 96.4. The molecule has 10 atom stereocenters. The SMILES string of the molecule is CC(=O)OC[C@H]1O[C@@H](S(=O)(=O)CC(N)=O)[C@H](OC(C)=O)[C@@H](OC(C)=O)[C@@H]1O[C@@H]1O[C@H](COC(C)=O)[C@H](OC(C)=O)C(OC(C)=O)C1OC(C)=O. The molecule has 2 aliphatic heterocycles. The highest BCUT2D eigenvalue weighted by molar-refractivity contribution is 7.92. The molecule has 2 saturated heterocycles. The van der Waals surface area contributed by atoms with E-state index in [1.54, 1.807) is 0 Å². The third-order valence-electron chi connectivity index (χ3n) is 6.58. The number of amides is 1. The third-order valence-corrected chi connectivity index (χ3v) is 8.36. The van der Waals surface area contributed by atoms with E-state index in [2.05, 4.69) is 0 Å². The van der Waals surface area contributed by atoms with E-state index in [4.69, 9.17) is 53.1 Å². The van der Waals surface area contributed by atoms with Crippen molar-refractivity contribution in [1.29, 1.82) is 0 Å². The number of hydrogen-bond acceptors (Lipinski definition) is 20. The Hall–Kier alpha value is -4.41. The first kappa shape index (κ1) is 41.8. The minimum Gasteiger partial charge on any atom is -0.463 e. The van der Waals surface area contributed by atoms with Crippen molar-refractivity contribution in [3.05, 3.63) is 0 Å². The molecule has 22 heteroatoms. The van der Waals surface area contributed by atoms with E-state index >= 15 is 0 Å². The Bertz CT molecular complexity index is 1430. The topological polar surface area (TPSA) is 289 Å². The van der Waals surface area contributed by atoms with Gasteiger partial charge in [0, 0.05) is 48.5 Å². The minimum absolute atomic E-state index is 0.660. The summed E-state index contributed by atoms with van der Waals surface area (Å²) in [6, 6.07) is 0. The lowest BCUT2D eigenvalue weighted by Gasteiger charge is -2.48. The lowest BCUT2D eigenvalue weighted by Crippen LogP contribution is -2.68. The molecule has 2 unspecified atom stereocenters. The molecule has 0 spiro atoms. The van der Waals surface area contributed by atoms with Gasteiger partial charge in [-0.3, -0.25) is 38.4 Å². The highest BCUT2D eigenvalue weighted by Gasteiger charge is 2.59. The number of hydrogen-bond donors (Lipinski definition) is 1. The van der Waals surface area contributed by atoms with Gasteiger partial charge in [-0.15, -0.1) is 0 Å². The Morgan fingerprint density at radius 2 is 0.900 bits per heavy atom. The molecule has 0 aromatic rings. The summed E-state index contributed by atoms with van der Waals surface area (Å²) in [7, 11) is -4.78. The van der Waals surface area contributed by atoms with E-state index in [1.807, 2.05) is 0 Å². The summed E-state index contributed by atoms with van der Waals surface area (Å²) >= 11 is 0. The molecule has 0 aromatic heterocycles. The first-order chi connectivity index (χ1) is 23.1. The first-order valence-electron chi connectivity index (χ1n) is 14.7. The fourth-order valence-electron chi connectivity index (χ4n) is 5.04. The van der Waals surface area contributed by atoms with Crippen LogP contribution in [-0.4, -0.2) is 136 Å². The van der Waals surface area contributed by atoms with Crippen molar-refractivity contribution in [2.45, 2.75) is 109 Å². The van der Waals surface area contributed by atoms with Crippen molar-refractivity contribution in [2.24, 2.45) is 5.73 Å². The summed E-state index contributed by atoms with van der Waals surface area (Å²) in [5.41, 5.74) is 2.85. The first-order valence-corrected chi connectivity index (χ1v) is 16.4. The number of carbonyl (C=O) groups is 8. The second kappa shape index (κ2) is 18.0. The molecule has 282 valence electrons. The summed E-state index contributed by atoms with van der Waals surface area (Å²) in [6.07, 6.45) is -16.3. The van der Waals surface area contributed by atoms with Gasteiger partial charge in [0.2, 0.25) is 5.91 Å². The average molecular weight is 742 g/mol. The van der Waals surface area contributed by atoms with Crippen LogP contribution in [-0.2, 0) is 95.6 Å². The van der Waals surface area contributed by atoms with Gasteiger partial charge in [0.15, 0.2) is 52.1 Å². The summed E-state index contributed by atoms with van der Waals surface area (Å²) < 4.78 is 81.1. The van der Waals surface area contributed by atoms with Crippen molar-refractivity contribution < 1.29 is 94.1 Å². The monoisotopic (exact) mass is 741 g/mol. The average Bonchev–Trinajstić information content (AvgIpc) is 2.94. The predicted octanol–water partition coefficient (Wildman–Crippen LogP) is -2.49. The zero-order valence-corrected chi connectivity index (χ0v) is 28.9. The summed E-state index contributed by atoms with van der Waals surface area (Å²) in [5, 5.41) is 0. The van der Waals surface area contributed by atoms with E-state index in [0.29, 0.717) is 0 Å². The second-order valence-corrected chi connectivity index (χ2v) is 13.0. The number of rotatable bonds is 14. The van der Waals surface area contributed by atoms with Gasteiger partial charge in [0.05, 0.1) is 0 Å². The number of sulfone groups is 1. The van der Waals surface area contributed by atoms with Crippen LogP contribution >= 0.6 is 0 Å². The highest BCUT2D eigenvalue weighted by atomic mass is 32.2. The van der Waals surface area contributed by atoms with Gasteiger partial charge in [0.25, 0.3) is 0 Å². The molecular weight excluding hydrogens is 702 g/mol. The van der Waals surface area contributed by atoms with E-state index in [9.17, 15) is 46.8 Å². The number of nitrogens with two attached hydrogens (primary N) is 1. The predicted molar refractivity (Wildman–Crippen MR) is 156 cm³/mol. The van der Waals surface area contributed by atoms with Crippen LogP contribution in [0.5, 0.6) is 0 Å². The fourth-order valence-corrected chi connectivity index (χ4v) is 6.53. The van der Waals surface area contributed by atoms with E-state index in [-0.39, 0.29) is 0 Å². The maximum absolute atomic E-state index is 13.3. The molecule has 2 fully saturated rings. The van der Waals surface area contributed by atoms with Crippen LogP contribution in [0.1, 0.15) is 48.5 Å². The van der Waals surface area contributed by atoms with Crippen LogP contribution < -0.4 is 5.73 Å². The fraction of sp³-hybridized carbons (Fsp3) is 0.714. The van der Waals surface area contributed by atoms with Gasteiger partial charge in [0.1, 0.15) is 37.3 Å². The Morgan fingerprint density at radius 1 is 0.520 bits per heavy atom. The van der Waals surface area contributed by atoms with Crippen LogP contribution in [0, 0.1) is 0 Å². The Balaban J connectivity index is 2.82. The molecule has 0 saturated carbocycles. The zero-order valence-electron chi connectivity index (χ0n) is 28.0. The third kappa shape index (κ3) is 12.2. The standard InChI is InChI=1S/C28H39NO20S/c1-11(30)40-8-18-21(42-13(3)32)23(43-14(4)33)25(45-16(6)35)27(47-18)49-22-19(9-41-12(2)31)48-28(50(38,39)10-20(29)37)26(46-17(7)36)24(22)44-15(5)34/h18-19,21-28H,8-10H2,1-7H3,(H2,29,37)/t18-,19-,21+,22-,23?,24+,25?,26-,27+,28+/m1/s1. The smallest absolute Gasteiger partial charge is 0.303 e. The highest BCUT2D eigenvalue weighted by Crippen LogP contribution is 2.36. The van der Waals surface area contributed by atoms with Crippen molar-refractivity contribution in [3.63, 3.8) is 0 Å². The molecular formula is C28H39NO20S. The Labute approximate surface area is 285 Å².